The minimum Gasteiger partial charge on any atom is -0.388 e. The van der Waals surface area contributed by atoms with Gasteiger partial charge in [-0.2, -0.15) is 5.10 Å². The quantitative estimate of drug-likeness (QED) is 0.250. The normalized spacial score (nSPS) is 15.5. The summed E-state index contributed by atoms with van der Waals surface area (Å²) in [5, 5.41) is 16.8. The Labute approximate surface area is 221 Å². The van der Waals surface area contributed by atoms with E-state index in [0.29, 0.717) is 37.5 Å². The molecule has 1 fully saturated rings. The molecule has 1 aliphatic heterocycles. The van der Waals surface area contributed by atoms with E-state index in [1.54, 1.807) is 23.3 Å². The molecule has 37 heavy (non-hydrogen) atoms. The number of hydrogen-bond acceptors (Lipinski definition) is 8. The van der Waals surface area contributed by atoms with E-state index < -0.39 is 15.4 Å². The summed E-state index contributed by atoms with van der Waals surface area (Å²) in [5.74, 6) is 5.48. The minimum atomic E-state index is -3.06. The molecule has 0 atom stereocenters. The van der Waals surface area contributed by atoms with Crippen molar-refractivity contribution in [3.8, 4) is 22.3 Å². The summed E-state index contributed by atoms with van der Waals surface area (Å²) in [4.78, 5) is 17.9. The van der Waals surface area contributed by atoms with Crippen LogP contribution in [0.5, 0.6) is 0 Å². The molecule has 198 valence electrons. The number of pyridine rings is 1. The summed E-state index contributed by atoms with van der Waals surface area (Å²) in [7, 11) is -3.06. The summed E-state index contributed by atoms with van der Waals surface area (Å²) in [5.41, 5.74) is 3.44. The molecule has 12 heteroatoms. The first-order valence-electron chi connectivity index (χ1n) is 11.9. The van der Waals surface area contributed by atoms with E-state index in [0.717, 1.165) is 33.0 Å². The van der Waals surface area contributed by atoms with E-state index in [2.05, 4.69) is 15.0 Å². The van der Waals surface area contributed by atoms with Crippen molar-refractivity contribution < 1.29 is 18.3 Å². The number of amides is 1. The van der Waals surface area contributed by atoms with E-state index in [1.165, 1.54) is 13.2 Å². The Bertz CT molecular complexity index is 1370. The molecule has 1 saturated heterocycles. The molecule has 1 aliphatic rings. The van der Waals surface area contributed by atoms with Gasteiger partial charge in [0.2, 0.25) is 5.91 Å². The smallest absolute Gasteiger partial charge is 0.233 e. The van der Waals surface area contributed by atoms with Crippen LogP contribution in [0.25, 0.3) is 22.3 Å². The second kappa shape index (κ2) is 10.8. The molecule has 0 aliphatic carbocycles. The third-order valence-electron chi connectivity index (χ3n) is 6.61. The van der Waals surface area contributed by atoms with Crippen LogP contribution >= 0.6 is 11.6 Å². The van der Waals surface area contributed by atoms with Gasteiger partial charge >= 0.3 is 0 Å². The summed E-state index contributed by atoms with van der Waals surface area (Å²) in [6.45, 7) is 2.85. The fraction of sp³-hybridized carbons (Fsp3) is 0.400. The second-order valence-corrected chi connectivity index (χ2v) is 12.2. The predicted molar refractivity (Wildman–Crippen MR) is 144 cm³/mol. The van der Waals surface area contributed by atoms with Gasteiger partial charge in [0.15, 0.2) is 0 Å². The number of carbonyl (C=O) groups is 1. The average Bonchev–Trinajstić information content (AvgIpc) is 3.32. The van der Waals surface area contributed by atoms with Crippen LogP contribution in [0.1, 0.15) is 19.8 Å². The number of anilines is 1. The number of nitrogens with two attached hydrogens (primary N) is 1. The molecule has 3 aromatic rings. The fourth-order valence-electron chi connectivity index (χ4n) is 4.43. The first-order chi connectivity index (χ1) is 17.4. The van der Waals surface area contributed by atoms with Crippen molar-refractivity contribution in [2.24, 2.45) is 5.84 Å². The predicted octanol–water partition coefficient (Wildman–Crippen LogP) is 2.36. The molecule has 2 aromatic heterocycles. The highest BCUT2D eigenvalue weighted by atomic mass is 35.5. The van der Waals surface area contributed by atoms with Crippen molar-refractivity contribution in [3.63, 3.8) is 0 Å². The van der Waals surface area contributed by atoms with E-state index >= 15 is 0 Å². The van der Waals surface area contributed by atoms with Crippen LogP contribution in [0.4, 0.5) is 5.69 Å². The lowest BCUT2D eigenvalue weighted by Gasteiger charge is -2.41. The monoisotopic (exact) mass is 546 g/mol. The Morgan fingerprint density at radius 1 is 1.14 bits per heavy atom. The summed E-state index contributed by atoms with van der Waals surface area (Å²) >= 11 is 6.61. The van der Waals surface area contributed by atoms with Crippen LogP contribution in [0.2, 0.25) is 5.02 Å². The Morgan fingerprint density at radius 3 is 2.41 bits per heavy atom. The van der Waals surface area contributed by atoms with Gasteiger partial charge in [-0.1, -0.05) is 35.9 Å². The van der Waals surface area contributed by atoms with Gasteiger partial charge in [-0.15, -0.1) is 0 Å². The van der Waals surface area contributed by atoms with Gasteiger partial charge in [0, 0.05) is 56.0 Å². The number of hydrazine groups is 1. The molecular formula is C25H31ClN6O4S. The number of nitrogens with zero attached hydrogens (tertiary/aromatic N) is 5. The molecule has 0 spiro atoms. The topological polar surface area (TPSA) is 135 Å². The van der Waals surface area contributed by atoms with Crippen molar-refractivity contribution in [2.45, 2.75) is 31.9 Å². The number of sulfone groups is 1. The number of carbonyl (C=O) groups excluding carboxylic acids is 1. The number of rotatable bonds is 8. The van der Waals surface area contributed by atoms with Crippen LogP contribution in [0.15, 0.2) is 49.1 Å². The molecule has 0 radical (unpaired) electrons. The van der Waals surface area contributed by atoms with Gasteiger partial charge in [0.1, 0.15) is 9.84 Å². The maximum absolute atomic E-state index is 11.5. The Hall–Kier alpha value is -2.99. The first kappa shape index (κ1) is 27.1. The van der Waals surface area contributed by atoms with Crippen molar-refractivity contribution in [1.29, 1.82) is 0 Å². The lowest BCUT2D eigenvalue weighted by atomic mass is 9.90. The van der Waals surface area contributed by atoms with Gasteiger partial charge in [0.05, 0.1) is 41.4 Å². The molecule has 3 heterocycles. The van der Waals surface area contributed by atoms with Gasteiger partial charge in [-0.25, -0.2) is 14.3 Å². The minimum absolute atomic E-state index is 0.0344. The highest BCUT2D eigenvalue weighted by Gasteiger charge is 2.35. The van der Waals surface area contributed by atoms with Crippen molar-refractivity contribution >= 4 is 33.0 Å². The maximum Gasteiger partial charge on any atom is 0.233 e. The molecule has 3 N–H and O–H groups in total. The molecular weight excluding hydrogens is 516 g/mol. The van der Waals surface area contributed by atoms with Crippen molar-refractivity contribution in [1.82, 2.24) is 19.8 Å². The molecule has 0 saturated carbocycles. The Kier molecular flexibility index (Phi) is 7.88. The highest BCUT2D eigenvalue weighted by Crippen LogP contribution is 2.39. The van der Waals surface area contributed by atoms with Crippen LogP contribution < -0.4 is 10.7 Å². The molecule has 4 rings (SSSR count). The zero-order chi connectivity index (χ0) is 26.8. The average molecular weight is 547 g/mol. The molecule has 1 amide bonds. The molecule has 1 aromatic carbocycles. The Balaban J connectivity index is 1.51. The second-order valence-electron chi connectivity index (χ2n) is 9.58. The van der Waals surface area contributed by atoms with E-state index in [9.17, 15) is 18.3 Å². The lowest BCUT2D eigenvalue weighted by molar-refractivity contribution is -0.133. The number of aryl methyl sites for hydroxylation is 1. The Morgan fingerprint density at radius 2 is 1.78 bits per heavy atom. The van der Waals surface area contributed by atoms with E-state index in [1.807, 2.05) is 30.5 Å². The molecule has 0 unspecified atom stereocenters. The van der Waals surface area contributed by atoms with Gasteiger partial charge in [-0.3, -0.25) is 19.5 Å². The number of aromatic nitrogens is 3. The standard InChI is InChI=1S/C25H31ClN6O4S/c1-18(33)32(27)17-25(34)7-9-30(10-8-25)24-22(14-28-15-23(24)26)20-5-3-19(4-6-20)21-13-29-31(16-21)11-12-37(2,35)36/h3-6,13-16,34H,7-12,17,27H2,1-2H3. The van der Waals surface area contributed by atoms with E-state index in [4.69, 9.17) is 17.4 Å². The van der Waals surface area contributed by atoms with Crippen LogP contribution in [0.3, 0.4) is 0 Å². The molecule has 10 nitrogen and oxygen atoms in total. The number of halogens is 1. The van der Waals surface area contributed by atoms with Crippen LogP contribution in [-0.2, 0) is 21.2 Å². The lowest BCUT2D eigenvalue weighted by Crippen LogP contribution is -2.53. The van der Waals surface area contributed by atoms with Crippen LogP contribution in [-0.4, -0.2) is 76.4 Å². The summed E-state index contributed by atoms with van der Waals surface area (Å²) in [6.07, 6.45) is 9.02. The van der Waals surface area contributed by atoms with Crippen molar-refractivity contribution in [2.75, 3.05) is 36.5 Å². The summed E-state index contributed by atoms with van der Waals surface area (Å²) < 4.78 is 24.5. The number of aliphatic hydroxyl groups is 1. The first-order valence-corrected chi connectivity index (χ1v) is 14.3. The number of piperidine rings is 1. The zero-order valence-electron chi connectivity index (χ0n) is 20.8. The summed E-state index contributed by atoms with van der Waals surface area (Å²) in [6, 6.07) is 7.92. The zero-order valence-corrected chi connectivity index (χ0v) is 22.4. The fourth-order valence-corrected chi connectivity index (χ4v) is 5.23. The third-order valence-corrected chi connectivity index (χ3v) is 7.81. The van der Waals surface area contributed by atoms with Crippen molar-refractivity contribution in [3.05, 3.63) is 54.1 Å². The number of hydrogen-bond donors (Lipinski definition) is 2. The SMILES string of the molecule is CC(=O)N(N)CC1(O)CCN(c2c(Cl)cncc2-c2ccc(-c3cnn(CCS(C)(=O)=O)c3)cc2)CC1. The number of benzene rings is 1. The largest absolute Gasteiger partial charge is 0.388 e. The van der Waals surface area contributed by atoms with Gasteiger partial charge in [-0.05, 0) is 24.0 Å². The molecule has 0 bridgehead atoms. The van der Waals surface area contributed by atoms with Gasteiger partial charge in [0.25, 0.3) is 0 Å². The highest BCUT2D eigenvalue weighted by molar-refractivity contribution is 7.90. The maximum atomic E-state index is 11.5. The van der Waals surface area contributed by atoms with Gasteiger partial charge < -0.3 is 10.0 Å². The van der Waals surface area contributed by atoms with E-state index in [-0.39, 0.29) is 18.2 Å². The third kappa shape index (κ3) is 6.67. The van der Waals surface area contributed by atoms with Crippen LogP contribution in [0, 0.1) is 0 Å².